The zero-order chi connectivity index (χ0) is 66.1. The fourth-order valence-corrected chi connectivity index (χ4v) is 11.3. The molecule has 3 aliphatic heterocycles. The number of aliphatic hydroxyl groups excluding tert-OH is 11. The summed E-state index contributed by atoms with van der Waals surface area (Å²) >= 11 is 0. The van der Waals surface area contributed by atoms with E-state index in [2.05, 4.69) is 116 Å². The van der Waals surface area contributed by atoms with Crippen LogP contribution in [0.15, 0.2) is 97.2 Å². The van der Waals surface area contributed by atoms with Crippen molar-refractivity contribution in [2.45, 2.75) is 324 Å². The van der Waals surface area contributed by atoms with Crippen LogP contribution in [-0.4, -0.2) is 193 Å². The van der Waals surface area contributed by atoms with Crippen LogP contribution in [-0.2, 0) is 33.2 Å². The molecule has 19 heteroatoms. The Hall–Kier alpha value is -3.29. The highest BCUT2D eigenvalue weighted by Crippen LogP contribution is 2.33. The maximum Gasteiger partial charge on any atom is 0.220 e. The van der Waals surface area contributed by atoms with E-state index in [-0.39, 0.29) is 18.9 Å². The van der Waals surface area contributed by atoms with Crippen molar-refractivity contribution in [1.82, 2.24) is 5.32 Å². The lowest BCUT2D eigenvalue weighted by Gasteiger charge is -2.48. The number of allylic oxidation sites excluding steroid dienone is 16. The molecule has 3 heterocycles. The van der Waals surface area contributed by atoms with Crippen LogP contribution in [0.1, 0.15) is 219 Å². The number of hydrogen-bond donors (Lipinski definition) is 12. The molecule has 17 atom stereocenters. The molecule has 0 aromatic rings. The second-order valence-electron chi connectivity index (χ2n) is 24.6. The van der Waals surface area contributed by atoms with Gasteiger partial charge in [0.05, 0.1) is 38.6 Å². The molecule has 3 saturated heterocycles. The van der Waals surface area contributed by atoms with Gasteiger partial charge >= 0.3 is 0 Å². The number of carbonyl (C=O) groups excluding carboxylic acids is 1. The number of ether oxygens (including phenoxy) is 6. The van der Waals surface area contributed by atoms with E-state index in [1.54, 1.807) is 0 Å². The van der Waals surface area contributed by atoms with E-state index < -0.39 is 124 Å². The Bertz CT molecular complexity index is 2030. The predicted molar refractivity (Wildman–Crippen MR) is 355 cm³/mol. The van der Waals surface area contributed by atoms with Crippen molar-refractivity contribution in [3.05, 3.63) is 97.2 Å². The van der Waals surface area contributed by atoms with Gasteiger partial charge in [0.25, 0.3) is 0 Å². The van der Waals surface area contributed by atoms with Gasteiger partial charge in [0.1, 0.15) is 73.2 Å². The van der Waals surface area contributed by atoms with Crippen molar-refractivity contribution in [3.63, 3.8) is 0 Å². The third-order valence-corrected chi connectivity index (χ3v) is 16.9. The van der Waals surface area contributed by atoms with Gasteiger partial charge in [-0.3, -0.25) is 4.79 Å². The SMILES string of the molecule is CC/C=C\C/C=C\C/C=C\C/C=C\C/C=C\C/C=C\C/C=C\C/C=C\CCCCCCCCCCCCCCCCCCC(=O)NC(COC1OC(CO)C(OC2OC(CO)C(OC3OC(CO)C(O)C(O)C3O)C(O)C2O)C(O)C1O)C(O)CCCCCCC. The molecule has 3 fully saturated rings. The van der Waals surface area contributed by atoms with E-state index in [4.69, 9.17) is 28.4 Å². The van der Waals surface area contributed by atoms with E-state index in [0.29, 0.717) is 12.8 Å². The first-order valence-electron chi connectivity index (χ1n) is 35.0. The molecular formula is C72H123NO18. The molecule has 17 unspecified atom stereocenters. The first kappa shape index (κ1) is 81.9. The number of nitrogens with one attached hydrogen (secondary N) is 1. The monoisotopic (exact) mass is 1290 g/mol. The smallest absolute Gasteiger partial charge is 0.220 e. The Morgan fingerprint density at radius 1 is 0.407 bits per heavy atom. The largest absolute Gasteiger partial charge is 0.394 e. The van der Waals surface area contributed by atoms with Gasteiger partial charge in [0, 0.05) is 6.42 Å². The summed E-state index contributed by atoms with van der Waals surface area (Å²) < 4.78 is 34.2. The van der Waals surface area contributed by atoms with E-state index >= 15 is 0 Å². The number of amides is 1. The van der Waals surface area contributed by atoms with Crippen LogP contribution in [0, 0.1) is 0 Å². The fourth-order valence-electron chi connectivity index (χ4n) is 11.3. The van der Waals surface area contributed by atoms with Gasteiger partial charge < -0.3 is 89.9 Å². The van der Waals surface area contributed by atoms with Crippen LogP contribution in [0.2, 0.25) is 0 Å². The van der Waals surface area contributed by atoms with Crippen LogP contribution in [0.4, 0.5) is 0 Å². The maximum atomic E-state index is 13.3. The molecule has 524 valence electrons. The average Bonchev–Trinajstić information content (AvgIpc) is 0.864. The standard InChI is InChI=1S/C72H123NO18/c1-3-5-7-9-10-11-12-13-14-15-16-17-18-19-20-21-22-23-24-25-26-27-28-29-30-31-32-33-34-35-36-37-38-39-40-41-42-43-44-46-48-50-60(78)73-55(56(77)49-47-45-8-6-4-2)54-86-70-66(84)63(81)68(58(52-75)88-70)91-72-67(85)64(82)69(59(53-76)89-72)90-71-65(83)62(80)61(79)57(51-74)87-71/h5,7,10-11,13-14,16-17,19-20,22-23,25-26,28-29,55-59,61-72,74-77,79-85H,3-4,6,8-9,12,15,18,21,24,27,30-54H2,1-2H3,(H,73,78)/b7-5-,11-10-,14-13-,17-16-,20-19-,23-22-,26-25-,29-28-. The summed E-state index contributed by atoms with van der Waals surface area (Å²) in [4.78, 5) is 13.3. The second-order valence-corrected chi connectivity index (χ2v) is 24.6. The third-order valence-electron chi connectivity index (χ3n) is 16.9. The summed E-state index contributed by atoms with van der Waals surface area (Å²) in [6.45, 7) is 1.56. The topological polar surface area (TPSA) is 307 Å². The van der Waals surface area contributed by atoms with Gasteiger partial charge in [-0.15, -0.1) is 0 Å². The van der Waals surface area contributed by atoms with Gasteiger partial charge in [0.15, 0.2) is 18.9 Å². The van der Waals surface area contributed by atoms with E-state index in [0.717, 1.165) is 103 Å². The van der Waals surface area contributed by atoms with Crippen LogP contribution >= 0.6 is 0 Å². The number of carbonyl (C=O) groups is 1. The van der Waals surface area contributed by atoms with Crippen molar-refractivity contribution in [2.75, 3.05) is 26.4 Å². The second kappa shape index (κ2) is 52.9. The van der Waals surface area contributed by atoms with Crippen molar-refractivity contribution in [2.24, 2.45) is 0 Å². The summed E-state index contributed by atoms with van der Waals surface area (Å²) in [5, 5.41) is 120. The first-order valence-corrected chi connectivity index (χ1v) is 35.0. The molecule has 0 aromatic carbocycles. The minimum Gasteiger partial charge on any atom is -0.394 e. The molecule has 3 aliphatic rings. The van der Waals surface area contributed by atoms with Crippen molar-refractivity contribution in [3.8, 4) is 0 Å². The minimum absolute atomic E-state index is 0.253. The molecule has 19 nitrogen and oxygen atoms in total. The summed E-state index contributed by atoms with van der Waals surface area (Å²) in [5.41, 5.74) is 0. The molecule has 0 aliphatic carbocycles. The highest BCUT2D eigenvalue weighted by atomic mass is 16.8. The molecule has 0 spiro atoms. The Balaban J connectivity index is 1.23. The maximum absolute atomic E-state index is 13.3. The van der Waals surface area contributed by atoms with Gasteiger partial charge in [-0.05, 0) is 77.0 Å². The van der Waals surface area contributed by atoms with Gasteiger partial charge in [-0.25, -0.2) is 0 Å². The summed E-state index contributed by atoms with van der Waals surface area (Å²) in [6, 6.07) is -0.887. The van der Waals surface area contributed by atoms with Gasteiger partial charge in [-0.2, -0.15) is 0 Å². The molecule has 1 amide bonds. The molecule has 0 aromatic heterocycles. The predicted octanol–water partition coefficient (Wildman–Crippen LogP) is 9.27. The molecular weight excluding hydrogens is 1170 g/mol. The lowest BCUT2D eigenvalue weighted by molar-refractivity contribution is -0.379. The zero-order valence-electron chi connectivity index (χ0n) is 55.3. The molecule has 12 N–H and O–H groups in total. The Morgan fingerprint density at radius 3 is 1.19 bits per heavy atom. The minimum atomic E-state index is -1.97. The van der Waals surface area contributed by atoms with Crippen molar-refractivity contribution >= 4 is 5.91 Å². The summed E-state index contributed by atoms with van der Waals surface area (Å²) in [5.74, 6) is -0.253. The van der Waals surface area contributed by atoms with E-state index in [1.807, 2.05) is 0 Å². The molecule has 0 saturated carbocycles. The fraction of sp³-hybridized carbons (Fsp3) is 0.764. The number of rotatable bonds is 52. The van der Waals surface area contributed by atoms with Crippen LogP contribution in [0.3, 0.4) is 0 Å². The van der Waals surface area contributed by atoms with E-state index in [1.165, 1.54) is 83.5 Å². The zero-order valence-corrected chi connectivity index (χ0v) is 55.3. The number of hydrogen-bond acceptors (Lipinski definition) is 18. The third kappa shape index (κ3) is 34.8. The van der Waals surface area contributed by atoms with Crippen molar-refractivity contribution in [1.29, 1.82) is 0 Å². The first-order chi connectivity index (χ1) is 44.3. The normalized spacial score (nSPS) is 28.5. The Labute approximate surface area is 545 Å². The van der Waals surface area contributed by atoms with Crippen LogP contribution in [0.5, 0.6) is 0 Å². The number of aliphatic hydroxyl groups is 11. The quantitative estimate of drug-likeness (QED) is 0.0199. The molecule has 0 radical (unpaired) electrons. The summed E-state index contributed by atoms with van der Waals surface area (Å²) in [6.07, 6.45) is 43.2. The summed E-state index contributed by atoms with van der Waals surface area (Å²) in [7, 11) is 0. The average molecular weight is 1290 g/mol. The van der Waals surface area contributed by atoms with Crippen molar-refractivity contribution < 1.29 is 89.4 Å². The lowest BCUT2D eigenvalue weighted by Crippen LogP contribution is -2.66. The highest BCUT2D eigenvalue weighted by Gasteiger charge is 2.53. The van der Waals surface area contributed by atoms with E-state index in [9.17, 15) is 61.0 Å². The Kier molecular flexibility index (Phi) is 47.7. The molecule has 91 heavy (non-hydrogen) atoms. The van der Waals surface area contributed by atoms with Gasteiger partial charge in [0.2, 0.25) is 5.91 Å². The number of unbranched alkanes of at least 4 members (excludes halogenated alkanes) is 20. The highest BCUT2D eigenvalue weighted by molar-refractivity contribution is 5.76. The van der Waals surface area contributed by atoms with Gasteiger partial charge in [-0.1, -0.05) is 233 Å². The Morgan fingerprint density at radius 2 is 0.758 bits per heavy atom. The van der Waals surface area contributed by atoms with Crippen LogP contribution < -0.4 is 5.32 Å². The van der Waals surface area contributed by atoms with Crippen LogP contribution in [0.25, 0.3) is 0 Å². The molecule has 3 rings (SSSR count). The lowest BCUT2D eigenvalue weighted by atomic mass is 9.96. The molecule has 0 bridgehead atoms.